The summed E-state index contributed by atoms with van der Waals surface area (Å²) in [4.78, 5) is 8.30. The predicted octanol–water partition coefficient (Wildman–Crippen LogP) is -0.219. The van der Waals surface area contributed by atoms with E-state index in [0.717, 1.165) is 51.9 Å². The first-order valence-corrected chi connectivity index (χ1v) is 11.5. The molecule has 32 heavy (non-hydrogen) atoms. The molecule has 0 aliphatic heterocycles. The van der Waals surface area contributed by atoms with Crippen molar-refractivity contribution in [1.29, 1.82) is 5.41 Å². The van der Waals surface area contributed by atoms with Crippen LogP contribution in [-0.4, -0.2) is 96.5 Å². The van der Waals surface area contributed by atoms with Gasteiger partial charge in [-0.2, -0.15) is 0 Å². The molecule has 10 heteroatoms. The minimum atomic E-state index is -0.619. The lowest BCUT2D eigenvalue weighted by Crippen LogP contribution is -2.42. The maximum absolute atomic E-state index is 10.2. The van der Waals surface area contributed by atoms with Crippen molar-refractivity contribution < 1.29 is 10.2 Å². The summed E-state index contributed by atoms with van der Waals surface area (Å²) in [6.45, 7) is 8.88. The van der Waals surface area contributed by atoms with Crippen LogP contribution < -0.4 is 22.5 Å². The molecular weight excluding hydrogens is 408 g/mol. The van der Waals surface area contributed by atoms with E-state index in [1.165, 1.54) is 0 Å². The van der Waals surface area contributed by atoms with E-state index in [-0.39, 0.29) is 25.0 Å². The van der Waals surface area contributed by atoms with Gasteiger partial charge in [-0.15, -0.1) is 0 Å². The highest BCUT2D eigenvalue weighted by atomic mass is 16.3. The average molecular weight is 455 g/mol. The second-order valence-corrected chi connectivity index (χ2v) is 7.85. The van der Waals surface area contributed by atoms with Gasteiger partial charge in [-0.3, -0.25) is 20.2 Å². The van der Waals surface area contributed by atoms with E-state index in [9.17, 15) is 10.2 Å². The zero-order valence-electron chi connectivity index (χ0n) is 19.9. The molecule has 0 saturated heterocycles. The Kier molecular flexibility index (Phi) is 18.2. The molecule has 0 saturated carbocycles. The van der Waals surface area contributed by atoms with E-state index in [2.05, 4.69) is 58.3 Å². The maximum atomic E-state index is 10.2. The Labute approximate surface area is 193 Å². The summed E-state index contributed by atoms with van der Waals surface area (Å²) < 4.78 is 0. The first-order chi connectivity index (χ1) is 15.3. The second kappa shape index (κ2) is 19.5. The highest BCUT2D eigenvalue weighted by Crippen LogP contribution is 2.03. The molecule has 0 amide bonds. The normalized spacial score (nSPS) is 13.8. The predicted molar refractivity (Wildman–Crippen MR) is 134 cm³/mol. The van der Waals surface area contributed by atoms with Crippen LogP contribution in [0, 0.1) is 5.41 Å². The molecule has 0 fully saturated rings. The van der Waals surface area contributed by atoms with Gasteiger partial charge in [-0.05, 0) is 38.8 Å². The summed E-state index contributed by atoms with van der Waals surface area (Å²) in [5.41, 5.74) is 16.0. The van der Waals surface area contributed by atoms with Gasteiger partial charge in [0.05, 0.1) is 18.8 Å². The van der Waals surface area contributed by atoms with Gasteiger partial charge in [0.15, 0.2) is 11.9 Å². The fraction of sp³-hybridized carbons (Fsp3) is 0.727. The number of nitrogens with two attached hydrogens (primary N) is 3. The number of nitrogens with zero attached hydrogens (tertiary/aromatic N) is 3. The van der Waals surface area contributed by atoms with Gasteiger partial charge < -0.3 is 32.7 Å². The van der Waals surface area contributed by atoms with Gasteiger partial charge >= 0.3 is 0 Å². The molecule has 10 N–H and O–H groups in total. The van der Waals surface area contributed by atoms with Gasteiger partial charge in [-0.1, -0.05) is 38.2 Å². The molecule has 186 valence electrons. The van der Waals surface area contributed by atoms with Crippen molar-refractivity contribution in [2.75, 3.05) is 52.4 Å². The van der Waals surface area contributed by atoms with Crippen LogP contribution in [0.3, 0.4) is 0 Å². The average Bonchev–Trinajstić information content (AvgIpc) is 2.73. The lowest BCUT2D eigenvalue weighted by Gasteiger charge is -2.26. The second-order valence-electron chi connectivity index (χ2n) is 7.85. The molecule has 2 atom stereocenters. The van der Waals surface area contributed by atoms with Gasteiger partial charge in [0.2, 0.25) is 0 Å². The third-order valence-electron chi connectivity index (χ3n) is 4.68. The Morgan fingerprint density at radius 3 is 1.84 bits per heavy atom. The van der Waals surface area contributed by atoms with Crippen molar-refractivity contribution >= 4 is 11.9 Å². The number of nitrogens with one attached hydrogen (secondary N) is 2. The number of hydrogen-bond donors (Lipinski definition) is 7. The highest BCUT2D eigenvalue weighted by Gasteiger charge is 2.13. The summed E-state index contributed by atoms with van der Waals surface area (Å²) in [7, 11) is 0. The first-order valence-electron chi connectivity index (χ1n) is 11.5. The van der Waals surface area contributed by atoms with Crippen LogP contribution >= 0.6 is 0 Å². The quantitative estimate of drug-likeness (QED) is 0.0607. The molecule has 0 aromatic heterocycles. The first kappa shape index (κ1) is 29.9. The molecule has 0 bridgehead atoms. The Morgan fingerprint density at radius 1 is 0.906 bits per heavy atom. The third-order valence-corrected chi connectivity index (χ3v) is 4.68. The van der Waals surface area contributed by atoms with E-state index >= 15 is 0 Å². The molecule has 0 rings (SSSR count). The summed E-state index contributed by atoms with van der Waals surface area (Å²) >= 11 is 0. The molecule has 0 radical (unpaired) electrons. The Morgan fingerprint density at radius 2 is 1.41 bits per heavy atom. The summed E-state index contributed by atoms with van der Waals surface area (Å²) in [6.07, 6.45) is 11.1. The minimum Gasteiger partial charge on any atom is -0.390 e. The lowest BCUT2D eigenvalue weighted by atomic mass is 10.2. The van der Waals surface area contributed by atoms with Crippen molar-refractivity contribution in [3.63, 3.8) is 0 Å². The van der Waals surface area contributed by atoms with Crippen LogP contribution in [-0.2, 0) is 0 Å². The number of unbranched alkanes of at least 4 members (excludes halogenated alkanes) is 1. The minimum absolute atomic E-state index is 0.0145. The van der Waals surface area contributed by atoms with Gasteiger partial charge in [-0.25, -0.2) is 0 Å². The lowest BCUT2D eigenvalue weighted by molar-refractivity contribution is 0.114. The number of aliphatic hydroxyl groups excluding tert-OH is 2. The topological polar surface area (TPSA) is 173 Å². The molecule has 0 aromatic carbocycles. The van der Waals surface area contributed by atoms with E-state index in [1.807, 2.05) is 0 Å². The molecule has 0 aliphatic rings. The largest absolute Gasteiger partial charge is 0.390 e. The fourth-order valence-corrected chi connectivity index (χ4v) is 3.12. The molecule has 10 nitrogen and oxygen atoms in total. The molecule has 0 heterocycles. The van der Waals surface area contributed by atoms with E-state index in [1.54, 1.807) is 0 Å². The van der Waals surface area contributed by atoms with Crippen LogP contribution in [0.4, 0.5) is 0 Å². The molecule has 0 aliphatic carbocycles. The Balaban J connectivity index is 4.64. The van der Waals surface area contributed by atoms with Crippen LogP contribution in [0.5, 0.6) is 0 Å². The van der Waals surface area contributed by atoms with Crippen LogP contribution in [0.1, 0.15) is 39.5 Å². The van der Waals surface area contributed by atoms with Crippen molar-refractivity contribution in [1.82, 2.24) is 15.1 Å². The van der Waals surface area contributed by atoms with E-state index in [4.69, 9.17) is 22.6 Å². The monoisotopic (exact) mass is 454 g/mol. The van der Waals surface area contributed by atoms with Crippen molar-refractivity contribution in [3.05, 3.63) is 24.3 Å². The number of allylic oxidation sites excluding steroid dienone is 2. The van der Waals surface area contributed by atoms with Gasteiger partial charge in [0.1, 0.15) is 0 Å². The SMILES string of the molecule is CCC=CCN(CCCCN(CC=CCC)CC(O)CNC(=N)N)CC(O)CN=C(N)N. The van der Waals surface area contributed by atoms with Gasteiger partial charge in [0.25, 0.3) is 0 Å². The Bertz CT molecular complexity index is 564. The number of rotatable bonds is 19. The standard InChI is InChI=1S/C22H46N8O2/c1-3-5-7-11-29(17-19(31)15-27-21(23)24)13-9-10-14-30(12-8-6-4-2)18-20(32)16-28-22(25)26/h5-8,19-20,31-32H,3-4,9-18H2,1-2H3,(H4,23,24,27)(H4,25,26,28). The Hall–Kier alpha value is -2.14. The van der Waals surface area contributed by atoms with Gasteiger partial charge in [0, 0.05) is 32.7 Å². The van der Waals surface area contributed by atoms with Crippen molar-refractivity contribution in [2.24, 2.45) is 22.2 Å². The summed E-state index contributed by atoms with van der Waals surface area (Å²) in [6, 6.07) is 0. The smallest absolute Gasteiger partial charge is 0.185 e. The third kappa shape index (κ3) is 18.6. The number of guanidine groups is 2. The van der Waals surface area contributed by atoms with E-state index in [0.29, 0.717) is 13.1 Å². The van der Waals surface area contributed by atoms with Crippen LogP contribution in [0.15, 0.2) is 29.3 Å². The highest BCUT2D eigenvalue weighted by molar-refractivity contribution is 5.75. The zero-order chi connectivity index (χ0) is 24.2. The van der Waals surface area contributed by atoms with Crippen LogP contribution in [0.2, 0.25) is 0 Å². The molecule has 0 spiro atoms. The zero-order valence-corrected chi connectivity index (χ0v) is 19.9. The fourth-order valence-electron chi connectivity index (χ4n) is 3.12. The number of aliphatic hydroxyl groups is 2. The van der Waals surface area contributed by atoms with E-state index < -0.39 is 12.2 Å². The number of hydrogen-bond acceptors (Lipinski definition) is 6. The molecule has 0 aromatic rings. The summed E-state index contributed by atoms with van der Waals surface area (Å²) in [5, 5.41) is 30.3. The molecular formula is C22H46N8O2. The van der Waals surface area contributed by atoms with Crippen molar-refractivity contribution in [3.8, 4) is 0 Å². The number of aliphatic imine (C=N–C) groups is 1. The molecule has 2 unspecified atom stereocenters. The van der Waals surface area contributed by atoms with Crippen molar-refractivity contribution in [2.45, 2.75) is 51.7 Å². The summed E-state index contributed by atoms with van der Waals surface area (Å²) in [5.74, 6) is -0.153. The maximum Gasteiger partial charge on any atom is 0.185 e. The van der Waals surface area contributed by atoms with Crippen LogP contribution in [0.25, 0.3) is 0 Å².